The molecule has 1 unspecified atom stereocenters. The summed E-state index contributed by atoms with van der Waals surface area (Å²) in [6, 6.07) is 10.3. The van der Waals surface area contributed by atoms with Crippen LogP contribution in [0.1, 0.15) is 34.0 Å². The molecule has 0 aromatic heterocycles. The highest BCUT2D eigenvalue weighted by Gasteiger charge is 2.23. The van der Waals surface area contributed by atoms with Crippen molar-refractivity contribution in [2.75, 3.05) is 7.05 Å². The maximum Gasteiger partial charge on any atom is 0.251 e. The monoisotopic (exact) mass is 414 g/mol. The predicted octanol–water partition coefficient (Wildman–Crippen LogP) is 1.19. The average molecular weight is 414 g/mol. The molecule has 0 bridgehead atoms. The Kier molecular flexibility index (Phi) is 5.83. The van der Waals surface area contributed by atoms with Crippen molar-refractivity contribution < 1.29 is 22.8 Å². The summed E-state index contributed by atoms with van der Waals surface area (Å²) in [5.41, 5.74) is 2.53. The maximum absolute atomic E-state index is 12.7. The zero-order valence-electron chi connectivity index (χ0n) is 16.2. The quantitative estimate of drug-likeness (QED) is 0.738. The van der Waals surface area contributed by atoms with Gasteiger partial charge in [-0.15, -0.1) is 0 Å². The van der Waals surface area contributed by atoms with Gasteiger partial charge in [0, 0.05) is 25.5 Å². The zero-order chi connectivity index (χ0) is 21.2. The van der Waals surface area contributed by atoms with Crippen LogP contribution in [0.2, 0.25) is 0 Å². The molecule has 2 aromatic rings. The second kappa shape index (κ2) is 8.16. The largest absolute Gasteiger partial charge is 0.357 e. The molecule has 0 saturated carbocycles. The molecule has 0 fully saturated rings. The molecule has 1 atom stereocenters. The Labute approximate surface area is 169 Å². The summed E-state index contributed by atoms with van der Waals surface area (Å²) in [6.45, 7) is 1.57. The average Bonchev–Trinajstić information content (AvgIpc) is 3.06. The van der Waals surface area contributed by atoms with Gasteiger partial charge >= 0.3 is 0 Å². The number of Topliss-reactive ketones (excluding diaryl/α,β-unsaturated/α-hetero) is 1. The molecule has 8 heteroatoms. The van der Waals surface area contributed by atoms with Gasteiger partial charge in [-0.1, -0.05) is 18.2 Å². The molecule has 0 radical (unpaired) electrons. The number of hydrogen-bond donors (Lipinski definition) is 2. The third kappa shape index (κ3) is 4.71. The molecule has 2 N–H and O–H groups in total. The first-order valence-electron chi connectivity index (χ1n) is 9.17. The van der Waals surface area contributed by atoms with Crippen molar-refractivity contribution in [1.29, 1.82) is 0 Å². The minimum absolute atomic E-state index is 0.0918. The normalized spacial score (nSPS) is 14.2. The summed E-state index contributed by atoms with van der Waals surface area (Å²) in [5, 5.41) is 5.02. The third-order valence-corrected chi connectivity index (χ3v) is 6.56. The summed E-state index contributed by atoms with van der Waals surface area (Å²) in [4.78, 5) is 35.4. The van der Waals surface area contributed by atoms with Gasteiger partial charge in [-0.3, -0.25) is 14.4 Å². The predicted molar refractivity (Wildman–Crippen MR) is 107 cm³/mol. The van der Waals surface area contributed by atoms with Crippen LogP contribution in [0, 0.1) is 0 Å². The fourth-order valence-electron chi connectivity index (χ4n) is 3.24. The van der Waals surface area contributed by atoms with Crippen molar-refractivity contribution in [2.24, 2.45) is 0 Å². The van der Waals surface area contributed by atoms with Crippen LogP contribution in [-0.2, 0) is 38.0 Å². The second-order valence-corrected chi connectivity index (χ2v) is 9.08. The second-order valence-electron chi connectivity index (χ2n) is 7.09. The first-order chi connectivity index (χ1) is 13.7. The number of benzene rings is 2. The lowest BCUT2D eigenvalue weighted by molar-refractivity contribution is -0.122. The van der Waals surface area contributed by atoms with Gasteiger partial charge < -0.3 is 10.6 Å². The molecule has 1 aliphatic carbocycles. The Hall–Kier alpha value is -3.00. The van der Waals surface area contributed by atoms with Crippen LogP contribution < -0.4 is 10.6 Å². The molecule has 0 heterocycles. The van der Waals surface area contributed by atoms with Crippen molar-refractivity contribution in [1.82, 2.24) is 10.6 Å². The van der Waals surface area contributed by atoms with Gasteiger partial charge in [0.1, 0.15) is 11.8 Å². The molecule has 7 nitrogen and oxygen atoms in total. The molecule has 1 aliphatic rings. The van der Waals surface area contributed by atoms with Crippen LogP contribution in [-0.4, -0.2) is 39.1 Å². The Morgan fingerprint density at radius 2 is 1.69 bits per heavy atom. The number of fused-ring (bicyclic) bond motifs is 1. The molecule has 2 amide bonds. The van der Waals surface area contributed by atoms with Crippen molar-refractivity contribution >= 4 is 27.4 Å². The smallest absolute Gasteiger partial charge is 0.251 e. The van der Waals surface area contributed by atoms with Gasteiger partial charge in [-0.25, -0.2) is 8.42 Å². The maximum atomic E-state index is 12.7. The van der Waals surface area contributed by atoms with Crippen LogP contribution in [0.5, 0.6) is 0 Å². The Morgan fingerprint density at radius 1 is 1.03 bits per heavy atom. The third-order valence-electron chi connectivity index (χ3n) is 4.87. The first-order valence-corrected chi connectivity index (χ1v) is 10.8. The van der Waals surface area contributed by atoms with Crippen molar-refractivity contribution in [2.45, 2.75) is 36.5 Å². The van der Waals surface area contributed by atoms with Crippen molar-refractivity contribution in [3.8, 4) is 0 Å². The van der Waals surface area contributed by atoms with E-state index < -0.39 is 21.8 Å². The van der Waals surface area contributed by atoms with Gasteiger partial charge in [-0.05, 0) is 47.9 Å². The minimum atomic E-state index is -3.58. The Balaban J connectivity index is 1.71. The number of nitrogens with one attached hydrogen (secondary N) is 2. The minimum Gasteiger partial charge on any atom is -0.357 e. The van der Waals surface area contributed by atoms with Gasteiger partial charge in [0.05, 0.1) is 10.6 Å². The van der Waals surface area contributed by atoms with Gasteiger partial charge in [0.2, 0.25) is 5.91 Å². The summed E-state index contributed by atoms with van der Waals surface area (Å²) in [7, 11) is -2.10. The highest BCUT2D eigenvalue weighted by atomic mass is 32.2. The number of amides is 2. The highest BCUT2D eigenvalue weighted by Crippen LogP contribution is 2.25. The zero-order valence-corrected chi connectivity index (χ0v) is 17.0. The van der Waals surface area contributed by atoms with Crippen LogP contribution in [0.4, 0.5) is 0 Å². The molecule has 3 rings (SSSR count). The molecule has 0 aliphatic heterocycles. The molecule has 29 heavy (non-hydrogen) atoms. The topological polar surface area (TPSA) is 109 Å². The van der Waals surface area contributed by atoms with Crippen LogP contribution >= 0.6 is 0 Å². The number of rotatable bonds is 6. The lowest BCUT2D eigenvalue weighted by Gasteiger charge is -2.12. The number of carbonyl (C=O) groups is 3. The molecular weight excluding hydrogens is 392 g/mol. The van der Waals surface area contributed by atoms with E-state index in [4.69, 9.17) is 0 Å². The first kappa shape index (κ1) is 20.7. The van der Waals surface area contributed by atoms with Crippen LogP contribution in [0.3, 0.4) is 0 Å². The number of sulfone groups is 1. The molecular formula is C21H22N2O5S. The van der Waals surface area contributed by atoms with Crippen molar-refractivity contribution in [3.63, 3.8) is 0 Å². The van der Waals surface area contributed by atoms with E-state index in [1.807, 2.05) is 0 Å². The SMILES string of the molecule is CNC(=O)C(C)NC(=O)c1ccc(CS(=O)(=O)c2ccc3c(c2)CC(=O)C3)cc1. The fraction of sp³-hybridized carbons (Fsp3) is 0.286. The number of likely N-dealkylation sites (N-methyl/N-ethyl adjacent to an activating group) is 1. The van der Waals surface area contributed by atoms with Gasteiger partial charge in [0.15, 0.2) is 9.84 Å². The van der Waals surface area contributed by atoms with Gasteiger partial charge in [-0.2, -0.15) is 0 Å². The van der Waals surface area contributed by atoms with Crippen LogP contribution in [0.15, 0.2) is 47.4 Å². The molecule has 2 aromatic carbocycles. The summed E-state index contributed by atoms with van der Waals surface area (Å²) in [6.07, 6.45) is 0.634. The van der Waals surface area contributed by atoms with Crippen molar-refractivity contribution in [3.05, 3.63) is 64.7 Å². The molecule has 0 spiro atoms. The molecule has 152 valence electrons. The van der Waals surface area contributed by atoms with Gasteiger partial charge in [0.25, 0.3) is 5.91 Å². The number of carbonyl (C=O) groups excluding carboxylic acids is 3. The Bertz CT molecular complexity index is 1070. The summed E-state index contributed by atoms with van der Waals surface area (Å²) >= 11 is 0. The molecule has 0 saturated heterocycles. The summed E-state index contributed by atoms with van der Waals surface area (Å²) < 4.78 is 25.5. The fourth-order valence-corrected chi connectivity index (χ4v) is 4.63. The standard InChI is InChI=1S/C21H22N2O5S/c1-13(20(25)22-2)23-21(26)15-5-3-14(4-6-15)12-29(27,28)19-8-7-16-9-18(24)10-17(16)11-19/h3-8,11,13H,9-10,12H2,1-2H3,(H,22,25)(H,23,26). The van der Waals surface area contributed by atoms with Crippen LogP contribution in [0.25, 0.3) is 0 Å². The van der Waals surface area contributed by atoms with E-state index in [1.54, 1.807) is 31.2 Å². The number of ketones is 1. The lowest BCUT2D eigenvalue weighted by atomic mass is 10.1. The van der Waals surface area contributed by atoms with E-state index in [1.165, 1.54) is 25.2 Å². The highest BCUT2D eigenvalue weighted by molar-refractivity contribution is 7.90. The van der Waals surface area contributed by atoms with E-state index in [0.717, 1.165) is 11.1 Å². The van der Waals surface area contributed by atoms with E-state index in [-0.39, 0.29) is 28.8 Å². The number of hydrogen-bond acceptors (Lipinski definition) is 5. The Morgan fingerprint density at radius 3 is 2.34 bits per heavy atom. The van der Waals surface area contributed by atoms with E-state index in [9.17, 15) is 22.8 Å². The van der Waals surface area contributed by atoms with E-state index >= 15 is 0 Å². The lowest BCUT2D eigenvalue weighted by Crippen LogP contribution is -2.43. The van der Waals surface area contributed by atoms with E-state index in [0.29, 0.717) is 17.5 Å². The van der Waals surface area contributed by atoms with E-state index in [2.05, 4.69) is 10.6 Å². The summed E-state index contributed by atoms with van der Waals surface area (Å²) in [5.74, 6) is -0.846.